The summed E-state index contributed by atoms with van der Waals surface area (Å²) in [5.41, 5.74) is 0.355. The van der Waals surface area contributed by atoms with Crippen LogP contribution in [0.1, 0.15) is 55.7 Å². The second kappa shape index (κ2) is 7.16. The maximum Gasteiger partial charge on any atom is 0.270 e. The number of aromatic nitrogens is 1. The number of benzene rings is 1. The van der Waals surface area contributed by atoms with E-state index in [2.05, 4.69) is 13.8 Å². The molecule has 1 N–H and O–H groups in total. The molecule has 5 nitrogen and oxygen atoms in total. The van der Waals surface area contributed by atoms with Crippen molar-refractivity contribution in [3.63, 3.8) is 0 Å². The van der Waals surface area contributed by atoms with E-state index in [4.69, 9.17) is 4.74 Å². The number of ether oxygens (including phenoxy) is 1. The molecule has 26 heavy (non-hydrogen) atoms. The van der Waals surface area contributed by atoms with E-state index >= 15 is 0 Å². The van der Waals surface area contributed by atoms with E-state index < -0.39 is 5.60 Å². The molecule has 140 valence electrons. The van der Waals surface area contributed by atoms with Crippen molar-refractivity contribution in [3.8, 4) is 5.75 Å². The number of carbonyl (C=O) groups excluding carboxylic acids is 1. The SMILES string of the molecule is COc1ccc(C(C)(O)C2CCCN2C(=O)c2cccn2C(C)C)cc1. The minimum absolute atomic E-state index is 0.0139. The number of hydrogen-bond donors (Lipinski definition) is 1. The van der Waals surface area contributed by atoms with Crippen LogP contribution in [0.3, 0.4) is 0 Å². The van der Waals surface area contributed by atoms with Crippen molar-refractivity contribution in [1.82, 2.24) is 9.47 Å². The summed E-state index contributed by atoms with van der Waals surface area (Å²) in [6, 6.07) is 11.2. The molecular formula is C21H28N2O3. The Hall–Kier alpha value is -2.27. The fourth-order valence-corrected chi connectivity index (χ4v) is 3.89. The van der Waals surface area contributed by atoms with Gasteiger partial charge in [-0.3, -0.25) is 4.79 Å². The zero-order valence-electron chi connectivity index (χ0n) is 16.0. The first-order chi connectivity index (χ1) is 12.4. The Kier molecular flexibility index (Phi) is 5.10. The predicted molar refractivity (Wildman–Crippen MR) is 101 cm³/mol. The van der Waals surface area contributed by atoms with Crippen molar-refractivity contribution in [2.45, 2.75) is 51.3 Å². The average Bonchev–Trinajstić information content (AvgIpc) is 3.30. The summed E-state index contributed by atoms with van der Waals surface area (Å²) in [5.74, 6) is 0.735. The fourth-order valence-electron chi connectivity index (χ4n) is 3.89. The van der Waals surface area contributed by atoms with Gasteiger partial charge >= 0.3 is 0 Å². The molecule has 1 aromatic heterocycles. The molecule has 1 aromatic carbocycles. The van der Waals surface area contributed by atoms with Crippen molar-refractivity contribution >= 4 is 5.91 Å². The van der Waals surface area contributed by atoms with Crippen molar-refractivity contribution < 1.29 is 14.6 Å². The number of aliphatic hydroxyl groups is 1. The van der Waals surface area contributed by atoms with Crippen molar-refractivity contribution in [2.24, 2.45) is 0 Å². The van der Waals surface area contributed by atoms with Gasteiger partial charge in [0, 0.05) is 18.8 Å². The molecule has 2 heterocycles. The van der Waals surface area contributed by atoms with Gasteiger partial charge in [0.2, 0.25) is 0 Å². The van der Waals surface area contributed by atoms with E-state index in [-0.39, 0.29) is 18.0 Å². The van der Waals surface area contributed by atoms with Crippen LogP contribution in [0.4, 0.5) is 0 Å². The minimum atomic E-state index is -1.12. The van der Waals surface area contributed by atoms with Crippen LogP contribution in [0.5, 0.6) is 5.75 Å². The molecule has 1 amide bonds. The molecule has 0 spiro atoms. The van der Waals surface area contributed by atoms with Crippen LogP contribution in [-0.4, -0.2) is 40.2 Å². The number of methoxy groups -OCH3 is 1. The van der Waals surface area contributed by atoms with E-state index in [1.54, 1.807) is 14.0 Å². The summed E-state index contributed by atoms with van der Waals surface area (Å²) in [6.07, 6.45) is 3.61. The lowest BCUT2D eigenvalue weighted by Crippen LogP contribution is -2.48. The third-order valence-electron chi connectivity index (χ3n) is 5.39. The molecule has 0 aliphatic carbocycles. The molecule has 2 unspecified atom stereocenters. The molecule has 3 rings (SSSR count). The highest BCUT2D eigenvalue weighted by Crippen LogP contribution is 2.36. The first-order valence-electron chi connectivity index (χ1n) is 9.21. The average molecular weight is 356 g/mol. The summed E-state index contributed by atoms with van der Waals surface area (Å²) in [4.78, 5) is 15.0. The predicted octanol–water partition coefficient (Wildman–Crippen LogP) is 3.59. The van der Waals surface area contributed by atoms with E-state index in [9.17, 15) is 9.90 Å². The molecule has 1 fully saturated rings. The molecule has 2 atom stereocenters. The van der Waals surface area contributed by atoms with Gasteiger partial charge in [-0.15, -0.1) is 0 Å². The number of rotatable bonds is 5. The number of amides is 1. The highest BCUT2D eigenvalue weighted by atomic mass is 16.5. The van der Waals surface area contributed by atoms with Crippen LogP contribution in [0.2, 0.25) is 0 Å². The summed E-state index contributed by atoms with van der Waals surface area (Å²) in [7, 11) is 1.62. The molecule has 0 bridgehead atoms. The van der Waals surface area contributed by atoms with Gasteiger partial charge in [0.05, 0.1) is 13.2 Å². The van der Waals surface area contributed by atoms with Crippen molar-refractivity contribution in [1.29, 1.82) is 0 Å². The van der Waals surface area contributed by atoms with Crippen LogP contribution in [-0.2, 0) is 5.60 Å². The van der Waals surface area contributed by atoms with Crippen LogP contribution in [0.25, 0.3) is 0 Å². The van der Waals surface area contributed by atoms with Gasteiger partial charge in [0.25, 0.3) is 5.91 Å². The second-order valence-electron chi connectivity index (χ2n) is 7.43. The van der Waals surface area contributed by atoms with Crippen LogP contribution < -0.4 is 4.74 Å². The van der Waals surface area contributed by atoms with E-state index in [0.29, 0.717) is 12.2 Å². The molecule has 1 aliphatic heterocycles. The van der Waals surface area contributed by atoms with E-state index in [0.717, 1.165) is 24.2 Å². The molecule has 1 aliphatic rings. The summed E-state index contributed by atoms with van der Waals surface area (Å²) in [5, 5.41) is 11.3. The van der Waals surface area contributed by atoms with Gasteiger partial charge in [-0.05, 0) is 63.4 Å². The Balaban J connectivity index is 1.88. The second-order valence-corrected chi connectivity index (χ2v) is 7.43. The number of carbonyl (C=O) groups is 1. The number of hydrogen-bond acceptors (Lipinski definition) is 3. The number of likely N-dealkylation sites (tertiary alicyclic amines) is 1. The monoisotopic (exact) mass is 356 g/mol. The van der Waals surface area contributed by atoms with Crippen molar-refractivity contribution in [2.75, 3.05) is 13.7 Å². The summed E-state index contributed by atoms with van der Waals surface area (Å²) in [6.45, 7) is 6.59. The molecular weight excluding hydrogens is 328 g/mol. The fraction of sp³-hybridized carbons (Fsp3) is 0.476. The first-order valence-corrected chi connectivity index (χ1v) is 9.21. The molecule has 1 saturated heterocycles. The molecule has 0 radical (unpaired) electrons. The maximum absolute atomic E-state index is 13.2. The Morgan fingerprint density at radius 2 is 1.96 bits per heavy atom. The lowest BCUT2D eigenvalue weighted by Gasteiger charge is -2.37. The Morgan fingerprint density at radius 1 is 1.27 bits per heavy atom. The van der Waals surface area contributed by atoms with Gasteiger partial charge in [-0.1, -0.05) is 12.1 Å². The molecule has 0 saturated carbocycles. The Labute approximate surface area is 155 Å². The first kappa shape index (κ1) is 18.5. The van der Waals surface area contributed by atoms with Crippen molar-refractivity contribution in [3.05, 3.63) is 53.9 Å². The summed E-state index contributed by atoms with van der Waals surface area (Å²) >= 11 is 0. The largest absolute Gasteiger partial charge is 0.497 e. The molecule has 5 heteroatoms. The van der Waals surface area contributed by atoms with Crippen LogP contribution in [0, 0.1) is 0 Å². The van der Waals surface area contributed by atoms with Crippen LogP contribution >= 0.6 is 0 Å². The summed E-state index contributed by atoms with van der Waals surface area (Å²) < 4.78 is 7.19. The highest BCUT2D eigenvalue weighted by molar-refractivity contribution is 5.93. The van der Waals surface area contributed by atoms with E-state index in [1.807, 2.05) is 52.1 Å². The zero-order valence-corrected chi connectivity index (χ0v) is 16.0. The Morgan fingerprint density at radius 3 is 2.58 bits per heavy atom. The van der Waals surface area contributed by atoms with Gasteiger partial charge in [-0.25, -0.2) is 0 Å². The Bertz CT molecular complexity index is 762. The highest BCUT2D eigenvalue weighted by Gasteiger charge is 2.43. The molecule has 2 aromatic rings. The lowest BCUT2D eigenvalue weighted by atomic mass is 9.86. The minimum Gasteiger partial charge on any atom is -0.497 e. The zero-order chi connectivity index (χ0) is 18.9. The van der Waals surface area contributed by atoms with Gasteiger partial charge in [0.15, 0.2) is 0 Å². The van der Waals surface area contributed by atoms with Gasteiger partial charge in [0.1, 0.15) is 17.0 Å². The topological polar surface area (TPSA) is 54.7 Å². The van der Waals surface area contributed by atoms with E-state index in [1.165, 1.54) is 0 Å². The van der Waals surface area contributed by atoms with Crippen LogP contribution in [0.15, 0.2) is 42.6 Å². The normalized spacial score (nSPS) is 19.6. The number of nitrogens with zero attached hydrogens (tertiary/aromatic N) is 2. The quantitative estimate of drug-likeness (QED) is 0.891. The smallest absolute Gasteiger partial charge is 0.270 e. The maximum atomic E-state index is 13.2. The third-order valence-corrected chi connectivity index (χ3v) is 5.39. The van der Waals surface area contributed by atoms with Gasteiger partial charge < -0.3 is 19.3 Å². The third kappa shape index (κ3) is 3.23. The van der Waals surface area contributed by atoms with Gasteiger partial charge in [-0.2, -0.15) is 0 Å². The lowest BCUT2D eigenvalue weighted by molar-refractivity contribution is -0.0180. The standard InChI is InChI=1S/C21H28N2O3/c1-15(2)22-13-5-7-18(22)20(24)23-14-6-8-19(23)21(3,25)16-9-11-17(26-4)12-10-16/h5,7,9-13,15,19,25H,6,8,14H2,1-4H3.